The Morgan fingerprint density at radius 2 is 1.80 bits per heavy atom. The van der Waals surface area contributed by atoms with Crippen LogP contribution in [0.5, 0.6) is 0 Å². The van der Waals surface area contributed by atoms with Gasteiger partial charge in [0.2, 0.25) is 0 Å². The summed E-state index contributed by atoms with van der Waals surface area (Å²) in [6.07, 6.45) is 5.11. The molecule has 0 unspecified atom stereocenters. The minimum absolute atomic E-state index is 0.119. The maximum atomic E-state index is 12.9. The predicted octanol–water partition coefficient (Wildman–Crippen LogP) is 3.85. The molecule has 0 bridgehead atoms. The molecule has 0 saturated heterocycles. The Bertz CT molecular complexity index is 668. The fraction of sp³-hybridized carbons (Fsp3) is 0.667. The van der Waals surface area contributed by atoms with Crippen LogP contribution < -0.4 is 0 Å². The highest BCUT2D eigenvalue weighted by molar-refractivity contribution is 6.10. The minimum Gasteiger partial charge on any atom is -0.381 e. The number of hydrogen-bond donors (Lipinski definition) is 1. The number of hydrogen-bond acceptors (Lipinski definition) is 4. The fourth-order valence-corrected chi connectivity index (χ4v) is 4.58. The van der Waals surface area contributed by atoms with E-state index in [1.54, 1.807) is 6.92 Å². The van der Waals surface area contributed by atoms with E-state index in [1.807, 2.05) is 19.9 Å². The minimum atomic E-state index is -1.28. The predicted molar refractivity (Wildman–Crippen MR) is 97.1 cm³/mol. The zero-order chi connectivity index (χ0) is 18.4. The Morgan fingerprint density at radius 3 is 2.32 bits per heavy atom. The highest BCUT2D eigenvalue weighted by atomic mass is 16.7. The molecule has 1 N–H and O–H groups in total. The molecule has 1 saturated carbocycles. The summed E-state index contributed by atoms with van der Waals surface area (Å²) in [5.74, 6) is -0.119. The summed E-state index contributed by atoms with van der Waals surface area (Å²) in [6.45, 7) is 11.0. The van der Waals surface area contributed by atoms with Crippen molar-refractivity contribution in [3.63, 3.8) is 0 Å². The molecule has 4 heteroatoms. The third kappa shape index (κ3) is 2.75. The number of carbonyl (C=O) groups excluding carboxylic acids is 1. The van der Waals surface area contributed by atoms with Crippen LogP contribution in [-0.2, 0) is 14.3 Å². The summed E-state index contributed by atoms with van der Waals surface area (Å²) in [4.78, 5) is 12.9. The number of allylic oxidation sites excluding steroid dienone is 4. The van der Waals surface area contributed by atoms with E-state index in [4.69, 9.17) is 9.47 Å². The third-order valence-electron chi connectivity index (χ3n) is 6.20. The first-order valence-electron chi connectivity index (χ1n) is 9.44. The zero-order valence-corrected chi connectivity index (χ0v) is 16.1. The lowest BCUT2D eigenvalue weighted by Gasteiger charge is -2.39. The molecule has 0 radical (unpaired) electrons. The second-order valence-electron chi connectivity index (χ2n) is 7.58. The summed E-state index contributed by atoms with van der Waals surface area (Å²) in [6, 6.07) is 0. The molecule has 0 aromatic rings. The Balaban J connectivity index is 1.88. The molecule has 3 rings (SSSR count). The van der Waals surface area contributed by atoms with Gasteiger partial charge < -0.3 is 14.6 Å². The van der Waals surface area contributed by atoms with Crippen molar-refractivity contribution in [2.45, 2.75) is 72.2 Å². The summed E-state index contributed by atoms with van der Waals surface area (Å²) in [7, 11) is 0. The van der Waals surface area contributed by atoms with Crippen LogP contribution in [0.15, 0.2) is 33.9 Å². The zero-order valence-electron chi connectivity index (χ0n) is 16.1. The highest BCUT2D eigenvalue weighted by Crippen LogP contribution is 2.65. The number of rotatable bonds is 7. The Morgan fingerprint density at radius 1 is 1.20 bits per heavy atom. The first kappa shape index (κ1) is 18.6. The lowest BCUT2D eigenvalue weighted by molar-refractivity contribution is -0.139. The molecule has 0 aliphatic heterocycles. The van der Waals surface area contributed by atoms with Gasteiger partial charge in [0.25, 0.3) is 0 Å². The number of ether oxygens (including phenoxy) is 2. The van der Waals surface area contributed by atoms with Gasteiger partial charge >= 0.3 is 0 Å². The Kier molecular flexibility index (Phi) is 4.82. The molecule has 138 valence electrons. The maximum absolute atomic E-state index is 12.9. The van der Waals surface area contributed by atoms with Crippen molar-refractivity contribution in [3.05, 3.63) is 33.9 Å². The van der Waals surface area contributed by atoms with Crippen LogP contribution in [0.3, 0.4) is 0 Å². The van der Waals surface area contributed by atoms with E-state index in [1.165, 1.54) is 11.1 Å². The molecule has 0 amide bonds. The van der Waals surface area contributed by atoms with Crippen molar-refractivity contribution in [3.8, 4) is 0 Å². The van der Waals surface area contributed by atoms with Crippen molar-refractivity contribution in [2.24, 2.45) is 5.41 Å². The van der Waals surface area contributed by atoms with Gasteiger partial charge in [-0.25, -0.2) is 0 Å². The number of Topliss-reactive ketones (excluding diaryl/α,β-unsaturated/α-hetero) is 1. The van der Waals surface area contributed by atoms with Crippen molar-refractivity contribution in [1.29, 1.82) is 0 Å². The first-order valence-corrected chi connectivity index (χ1v) is 9.44. The van der Waals surface area contributed by atoms with Gasteiger partial charge in [-0.2, -0.15) is 0 Å². The van der Waals surface area contributed by atoms with Crippen LogP contribution in [0.2, 0.25) is 0 Å². The van der Waals surface area contributed by atoms with Crippen LogP contribution in [0.4, 0.5) is 0 Å². The summed E-state index contributed by atoms with van der Waals surface area (Å²) >= 11 is 0. The highest BCUT2D eigenvalue weighted by Gasteiger charge is 2.64. The van der Waals surface area contributed by atoms with Crippen LogP contribution in [-0.4, -0.2) is 36.0 Å². The van der Waals surface area contributed by atoms with Gasteiger partial charge in [-0.15, -0.1) is 0 Å². The second-order valence-corrected chi connectivity index (χ2v) is 7.58. The molecule has 4 nitrogen and oxygen atoms in total. The van der Waals surface area contributed by atoms with Gasteiger partial charge in [0.1, 0.15) is 5.60 Å². The smallest absolute Gasteiger partial charge is 0.195 e. The standard InChI is InChI=1S/C21H30O4/c1-6-24-17(25-7-2)9-8-15-13(3)12-16-18(15)14(4)21(10-11-21)20(5,23)19(16)22/h12,17,23H,6-11H2,1-5H3/t20-/m0/s1. The van der Waals surface area contributed by atoms with E-state index in [2.05, 4.69) is 13.8 Å². The largest absolute Gasteiger partial charge is 0.381 e. The molecule has 25 heavy (non-hydrogen) atoms. The lowest BCUT2D eigenvalue weighted by Crippen LogP contribution is -2.49. The van der Waals surface area contributed by atoms with Crippen LogP contribution in [0, 0.1) is 5.41 Å². The monoisotopic (exact) mass is 346 g/mol. The van der Waals surface area contributed by atoms with Crippen LogP contribution in [0.1, 0.15) is 60.3 Å². The number of carbonyl (C=O) groups is 1. The summed E-state index contributed by atoms with van der Waals surface area (Å²) < 4.78 is 11.3. The van der Waals surface area contributed by atoms with E-state index in [0.29, 0.717) is 18.8 Å². The van der Waals surface area contributed by atoms with Gasteiger partial charge in [-0.05, 0) is 76.7 Å². The molecular formula is C21H30O4. The molecule has 1 fully saturated rings. The maximum Gasteiger partial charge on any atom is 0.195 e. The Hall–Kier alpha value is -1.23. The molecule has 3 aliphatic rings. The molecule has 0 heterocycles. The topological polar surface area (TPSA) is 55.8 Å². The van der Waals surface area contributed by atoms with E-state index in [-0.39, 0.29) is 17.5 Å². The summed E-state index contributed by atoms with van der Waals surface area (Å²) in [5.41, 5.74) is 3.66. The van der Waals surface area contributed by atoms with Crippen molar-refractivity contribution >= 4 is 5.78 Å². The SMILES string of the molecule is CCOC(CCC1=C(C)C=C2C(=O)[C@](C)(O)C3(CC3)C(C)=C21)OCC. The molecular weight excluding hydrogens is 316 g/mol. The second kappa shape index (κ2) is 6.49. The number of aliphatic hydroxyl groups is 1. The molecule has 1 spiro atoms. The van der Waals surface area contributed by atoms with Gasteiger partial charge in [-0.1, -0.05) is 5.57 Å². The molecule has 0 aromatic heterocycles. The van der Waals surface area contributed by atoms with Crippen LogP contribution >= 0.6 is 0 Å². The lowest BCUT2D eigenvalue weighted by atomic mass is 9.67. The van der Waals surface area contributed by atoms with Crippen LogP contribution in [0.25, 0.3) is 0 Å². The third-order valence-corrected chi connectivity index (χ3v) is 6.20. The average Bonchev–Trinajstić information content (AvgIpc) is 3.31. The van der Waals surface area contributed by atoms with Gasteiger partial charge in [0, 0.05) is 30.6 Å². The van der Waals surface area contributed by atoms with Gasteiger partial charge in [0.05, 0.1) is 0 Å². The van der Waals surface area contributed by atoms with Gasteiger partial charge in [-0.3, -0.25) is 4.79 Å². The number of fused-ring (bicyclic) bond motifs is 1. The quantitative estimate of drug-likeness (QED) is 0.711. The van der Waals surface area contributed by atoms with Gasteiger partial charge in [0.15, 0.2) is 12.1 Å². The normalized spacial score (nSPS) is 27.5. The first-order chi connectivity index (χ1) is 11.8. The van der Waals surface area contributed by atoms with E-state index >= 15 is 0 Å². The van der Waals surface area contributed by atoms with Crippen molar-refractivity contribution in [1.82, 2.24) is 0 Å². The van der Waals surface area contributed by atoms with E-state index < -0.39 is 5.60 Å². The average molecular weight is 346 g/mol. The molecule has 3 aliphatic carbocycles. The van der Waals surface area contributed by atoms with E-state index in [0.717, 1.165) is 36.8 Å². The van der Waals surface area contributed by atoms with E-state index in [9.17, 15) is 9.90 Å². The van der Waals surface area contributed by atoms with Crippen molar-refractivity contribution < 1.29 is 19.4 Å². The fourth-order valence-electron chi connectivity index (χ4n) is 4.58. The summed E-state index contributed by atoms with van der Waals surface area (Å²) in [5, 5.41) is 10.9. The molecule has 0 aromatic carbocycles. The number of ketones is 1. The van der Waals surface area contributed by atoms with Crippen molar-refractivity contribution in [2.75, 3.05) is 13.2 Å². The Labute approximate surface area is 150 Å². The molecule has 1 atom stereocenters.